The monoisotopic (exact) mass is 272 g/mol. The molecule has 0 fully saturated rings. The average molecular weight is 272 g/mol. The Morgan fingerprint density at radius 3 is 3.06 bits per heavy atom. The van der Waals surface area contributed by atoms with Gasteiger partial charge in [-0.3, -0.25) is 0 Å². The van der Waals surface area contributed by atoms with Gasteiger partial charge in [0.25, 0.3) is 0 Å². The highest BCUT2D eigenvalue weighted by atomic mass is 32.2. The zero-order valence-corrected chi connectivity index (χ0v) is 11.4. The summed E-state index contributed by atoms with van der Waals surface area (Å²) < 4.78 is 4.62. The first-order valence-corrected chi connectivity index (χ1v) is 7.09. The number of hydrogen-bond donors (Lipinski definition) is 3. The highest BCUT2D eigenvalue weighted by Gasteiger charge is 2.07. The van der Waals surface area contributed by atoms with Crippen LogP contribution in [0.15, 0.2) is 12.1 Å². The van der Waals surface area contributed by atoms with Crippen LogP contribution in [0.4, 0.5) is 0 Å². The van der Waals surface area contributed by atoms with Crippen LogP contribution >= 0.6 is 11.8 Å². The van der Waals surface area contributed by atoms with Gasteiger partial charge in [-0.1, -0.05) is 0 Å². The van der Waals surface area contributed by atoms with Crippen molar-refractivity contribution in [1.29, 1.82) is 0 Å². The third kappa shape index (κ3) is 5.57. The van der Waals surface area contributed by atoms with Crippen LogP contribution in [0.1, 0.15) is 22.6 Å². The normalized spacial score (nSPS) is 10.6. The molecule has 1 rings (SSSR count). The molecule has 1 aromatic rings. The van der Waals surface area contributed by atoms with Crippen molar-refractivity contribution in [3.8, 4) is 0 Å². The quantitative estimate of drug-likeness (QED) is 0.462. The predicted octanol–water partition coefficient (Wildman–Crippen LogP) is 1.01. The molecule has 1 heterocycles. The van der Waals surface area contributed by atoms with Gasteiger partial charge in [-0.2, -0.15) is 11.8 Å². The molecule has 0 saturated heterocycles. The molecule has 0 aliphatic rings. The molecule has 0 bridgehead atoms. The molecule has 0 saturated carbocycles. The Kier molecular flexibility index (Phi) is 7.55. The van der Waals surface area contributed by atoms with Gasteiger partial charge < -0.3 is 20.1 Å². The van der Waals surface area contributed by atoms with Crippen LogP contribution in [0.25, 0.3) is 0 Å². The number of carbonyl (C=O) groups is 1. The van der Waals surface area contributed by atoms with Crippen LogP contribution in [0, 0.1) is 0 Å². The molecule has 1 aromatic heterocycles. The minimum Gasteiger partial charge on any atom is -0.464 e. The second-order valence-corrected chi connectivity index (χ2v) is 4.98. The molecule has 0 aliphatic heterocycles. The van der Waals surface area contributed by atoms with Gasteiger partial charge in [0.2, 0.25) is 0 Å². The SMILES string of the molecule is COC(=O)c1ccc(CNCCSCCCO)[nH]1. The summed E-state index contributed by atoms with van der Waals surface area (Å²) in [6.45, 7) is 1.87. The maximum absolute atomic E-state index is 11.2. The number of aromatic nitrogens is 1. The number of H-pyrrole nitrogens is 1. The van der Waals surface area contributed by atoms with Crippen LogP contribution in [0.5, 0.6) is 0 Å². The predicted molar refractivity (Wildman–Crippen MR) is 72.9 cm³/mol. The molecule has 5 nitrogen and oxygen atoms in total. The molecule has 18 heavy (non-hydrogen) atoms. The number of carbonyl (C=O) groups excluding carboxylic acids is 1. The molecule has 0 atom stereocenters. The lowest BCUT2D eigenvalue weighted by molar-refractivity contribution is 0.0594. The van der Waals surface area contributed by atoms with E-state index in [-0.39, 0.29) is 12.6 Å². The number of aliphatic hydroxyl groups is 1. The van der Waals surface area contributed by atoms with Crippen LogP contribution in [0.3, 0.4) is 0 Å². The van der Waals surface area contributed by atoms with Gasteiger partial charge >= 0.3 is 5.97 Å². The van der Waals surface area contributed by atoms with E-state index in [2.05, 4.69) is 15.0 Å². The van der Waals surface area contributed by atoms with E-state index in [1.54, 1.807) is 6.07 Å². The smallest absolute Gasteiger partial charge is 0.354 e. The van der Waals surface area contributed by atoms with Crippen LogP contribution in [-0.4, -0.2) is 47.8 Å². The standard InChI is InChI=1S/C12H20N2O3S/c1-17-12(16)11-4-3-10(14-11)9-13-5-8-18-7-2-6-15/h3-4,13-15H,2,5-9H2,1H3. The van der Waals surface area contributed by atoms with Crippen molar-refractivity contribution in [1.82, 2.24) is 10.3 Å². The fourth-order valence-corrected chi connectivity index (χ4v) is 2.23. The Morgan fingerprint density at radius 1 is 1.50 bits per heavy atom. The maximum Gasteiger partial charge on any atom is 0.354 e. The number of thioether (sulfide) groups is 1. The molecule has 0 aromatic carbocycles. The molecular formula is C12H20N2O3S. The van der Waals surface area contributed by atoms with Crippen molar-refractivity contribution in [3.05, 3.63) is 23.5 Å². The molecule has 0 aliphatic carbocycles. The number of hydrogen-bond acceptors (Lipinski definition) is 5. The average Bonchev–Trinajstić information content (AvgIpc) is 2.85. The third-order valence-corrected chi connectivity index (χ3v) is 3.41. The second-order valence-electron chi connectivity index (χ2n) is 3.76. The Labute approximate surface area is 111 Å². The first-order valence-electron chi connectivity index (χ1n) is 5.93. The molecule has 0 amide bonds. The summed E-state index contributed by atoms with van der Waals surface area (Å²) in [5.41, 5.74) is 1.45. The van der Waals surface area contributed by atoms with Crippen molar-refractivity contribution in [2.45, 2.75) is 13.0 Å². The zero-order valence-electron chi connectivity index (χ0n) is 10.6. The van der Waals surface area contributed by atoms with Crippen molar-refractivity contribution >= 4 is 17.7 Å². The van der Waals surface area contributed by atoms with Gasteiger partial charge in [0.15, 0.2) is 0 Å². The number of ether oxygens (including phenoxy) is 1. The summed E-state index contributed by atoms with van der Waals surface area (Å²) in [4.78, 5) is 14.2. The zero-order chi connectivity index (χ0) is 13.2. The minimum absolute atomic E-state index is 0.263. The molecule has 0 unspecified atom stereocenters. The number of rotatable bonds is 9. The van der Waals surface area contributed by atoms with E-state index in [0.29, 0.717) is 12.2 Å². The lowest BCUT2D eigenvalue weighted by atomic mass is 10.4. The summed E-state index contributed by atoms with van der Waals surface area (Å²) in [5.74, 6) is 1.67. The van der Waals surface area contributed by atoms with Crippen molar-refractivity contribution in [2.75, 3.05) is 31.8 Å². The van der Waals surface area contributed by atoms with E-state index in [1.807, 2.05) is 17.8 Å². The van der Waals surface area contributed by atoms with Gasteiger partial charge in [0.05, 0.1) is 7.11 Å². The molecule has 102 valence electrons. The number of aliphatic hydroxyl groups excluding tert-OH is 1. The van der Waals surface area contributed by atoms with E-state index < -0.39 is 0 Å². The fraction of sp³-hybridized carbons (Fsp3) is 0.583. The van der Waals surface area contributed by atoms with E-state index in [1.165, 1.54) is 7.11 Å². The van der Waals surface area contributed by atoms with E-state index in [0.717, 1.165) is 30.2 Å². The number of methoxy groups -OCH3 is 1. The third-order valence-electron chi connectivity index (χ3n) is 2.34. The molecule has 0 spiro atoms. The van der Waals surface area contributed by atoms with Crippen LogP contribution in [0.2, 0.25) is 0 Å². The maximum atomic E-state index is 11.2. The molecule has 0 radical (unpaired) electrons. The van der Waals surface area contributed by atoms with E-state index in [9.17, 15) is 4.79 Å². The van der Waals surface area contributed by atoms with E-state index in [4.69, 9.17) is 5.11 Å². The lowest BCUT2D eigenvalue weighted by Gasteiger charge is -2.03. The molecule has 3 N–H and O–H groups in total. The van der Waals surface area contributed by atoms with Gasteiger partial charge in [0.1, 0.15) is 5.69 Å². The summed E-state index contributed by atoms with van der Waals surface area (Å²) in [6.07, 6.45) is 0.851. The minimum atomic E-state index is -0.346. The highest BCUT2D eigenvalue weighted by Crippen LogP contribution is 2.04. The van der Waals surface area contributed by atoms with Crippen LogP contribution < -0.4 is 5.32 Å². The Balaban J connectivity index is 2.12. The largest absolute Gasteiger partial charge is 0.464 e. The second kappa shape index (κ2) is 9.02. The van der Waals surface area contributed by atoms with Crippen molar-refractivity contribution < 1.29 is 14.6 Å². The van der Waals surface area contributed by atoms with Gasteiger partial charge in [-0.15, -0.1) is 0 Å². The summed E-state index contributed by atoms with van der Waals surface area (Å²) in [7, 11) is 1.37. The van der Waals surface area contributed by atoms with E-state index >= 15 is 0 Å². The topological polar surface area (TPSA) is 74.3 Å². The summed E-state index contributed by atoms with van der Waals surface area (Å²) in [6, 6.07) is 3.59. The summed E-state index contributed by atoms with van der Waals surface area (Å²) >= 11 is 1.82. The lowest BCUT2D eigenvalue weighted by Crippen LogP contribution is -2.17. The fourth-order valence-electron chi connectivity index (χ4n) is 1.41. The van der Waals surface area contributed by atoms with Crippen molar-refractivity contribution in [3.63, 3.8) is 0 Å². The Bertz CT molecular complexity index is 355. The Morgan fingerprint density at radius 2 is 2.33 bits per heavy atom. The number of aromatic amines is 1. The van der Waals surface area contributed by atoms with Crippen LogP contribution in [-0.2, 0) is 11.3 Å². The molecular weight excluding hydrogens is 252 g/mol. The van der Waals surface area contributed by atoms with Gasteiger partial charge in [-0.25, -0.2) is 4.79 Å². The van der Waals surface area contributed by atoms with Gasteiger partial charge in [-0.05, 0) is 24.3 Å². The molecule has 6 heteroatoms. The highest BCUT2D eigenvalue weighted by molar-refractivity contribution is 7.99. The first-order chi connectivity index (χ1) is 8.77. The van der Waals surface area contributed by atoms with Crippen molar-refractivity contribution in [2.24, 2.45) is 0 Å². The number of esters is 1. The van der Waals surface area contributed by atoms with Gasteiger partial charge in [0, 0.05) is 31.1 Å². The summed E-state index contributed by atoms with van der Waals surface area (Å²) in [5, 5.41) is 11.9. The number of nitrogens with one attached hydrogen (secondary N) is 2. The Hall–Kier alpha value is -0.980. The first kappa shape index (κ1) is 15.1.